The SMILES string of the molecule is COC(=O)[C@@H]1Cc2c[nH]c3c(cccc23)-c2cc(ccc2OCc2ccccc2)C[C@H](NC(=O)OC(C)(C)C)C(=O)N[C@@H](C)C(=O)N1. The Balaban J connectivity index is 1.62. The van der Waals surface area contributed by atoms with Crippen LogP contribution in [0.2, 0.25) is 0 Å². The van der Waals surface area contributed by atoms with E-state index in [1.807, 2.05) is 72.9 Å². The van der Waals surface area contributed by atoms with E-state index in [2.05, 4.69) is 20.9 Å². The number of esters is 1. The molecule has 0 unspecified atom stereocenters. The first-order valence-corrected chi connectivity index (χ1v) is 15.5. The quantitative estimate of drug-likeness (QED) is 0.234. The molecule has 11 heteroatoms. The number of carbonyl (C=O) groups is 4. The van der Waals surface area contributed by atoms with Crippen molar-refractivity contribution in [3.05, 3.63) is 89.6 Å². The van der Waals surface area contributed by atoms with Crippen molar-refractivity contribution in [1.82, 2.24) is 20.9 Å². The number of nitrogens with one attached hydrogen (secondary N) is 4. The molecule has 0 aliphatic carbocycles. The molecule has 3 amide bonds. The fourth-order valence-corrected chi connectivity index (χ4v) is 5.51. The van der Waals surface area contributed by atoms with Gasteiger partial charge in [-0.05, 0) is 56.5 Å². The number of carbonyl (C=O) groups excluding carboxylic acids is 4. The van der Waals surface area contributed by atoms with Crippen LogP contribution in [-0.4, -0.2) is 59.7 Å². The van der Waals surface area contributed by atoms with Crippen LogP contribution in [0.5, 0.6) is 5.75 Å². The summed E-state index contributed by atoms with van der Waals surface area (Å²) in [6, 6.07) is 18.1. The fraction of sp³-hybridized carbons (Fsp3) is 0.333. The molecule has 0 radical (unpaired) electrons. The molecule has 3 aromatic carbocycles. The van der Waals surface area contributed by atoms with Crippen LogP contribution in [0.3, 0.4) is 0 Å². The van der Waals surface area contributed by atoms with E-state index < -0.39 is 47.6 Å². The highest BCUT2D eigenvalue weighted by molar-refractivity contribution is 5.98. The van der Waals surface area contributed by atoms with E-state index in [0.717, 1.165) is 38.7 Å². The number of hydrogen-bond acceptors (Lipinski definition) is 7. The summed E-state index contributed by atoms with van der Waals surface area (Å²) in [5.74, 6) is -1.19. The van der Waals surface area contributed by atoms with Gasteiger partial charge in [-0.15, -0.1) is 0 Å². The predicted molar refractivity (Wildman–Crippen MR) is 177 cm³/mol. The van der Waals surface area contributed by atoms with Gasteiger partial charge >= 0.3 is 12.1 Å². The molecule has 0 saturated heterocycles. The lowest BCUT2D eigenvalue weighted by Crippen LogP contribution is -2.56. The maximum Gasteiger partial charge on any atom is 0.408 e. The highest BCUT2D eigenvalue weighted by Gasteiger charge is 2.30. The topological polar surface area (TPSA) is 148 Å². The van der Waals surface area contributed by atoms with Crippen LogP contribution in [0.1, 0.15) is 44.4 Å². The molecule has 246 valence electrons. The third-order valence-corrected chi connectivity index (χ3v) is 7.80. The van der Waals surface area contributed by atoms with E-state index in [4.69, 9.17) is 14.2 Å². The number of aromatic nitrogens is 1. The first kappa shape index (κ1) is 33.1. The Bertz CT molecular complexity index is 1780. The van der Waals surface area contributed by atoms with Crippen molar-refractivity contribution in [2.24, 2.45) is 0 Å². The van der Waals surface area contributed by atoms with Crippen LogP contribution < -0.4 is 20.7 Å². The van der Waals surface area contributed by atoms with E-state index in [1.54, 1.807) is 20.8 Å². The summed E-state index contributed by atoms with van der Waals surface area (Å²) in [5, 5.41) is 8.94. The Morgan fingerprint density at radius 1 is 0.915 bits per heavy atom. The van der Waals surface area contributed by atoms with Gasteiger partial charge in [0.1, 0.15) is 36.1 Å². The molecule has 11 nitrogen and oxygen atoms in total. The van der Waals surface area contributed by atoms with Crippen LogP contribution in [0.15, 0.2) is 72.9 Å². The number of H-pyrrole nitrogens is 1. The molecule has 0 spiro atoms. The van der Waals surface area contributed by atoms with Gasteiger partial charge in [0, 0.05) is 35.6 Å². The molecule has 6 bridgehead atoms. The first-order chi connectivity index (χ1) is 22.4. The number of benzene rings is 3. The zero-order valence-corrected chi connectivity index (χ0v) is 27.1. The van der Waals surface area contributed by atoms with Gasteiger partial charge in [0.25, 0.3) is 0 Å². The van der Waals surface area contributed by atoms with Gasteiger partial charge in [-0.1, -0.05) is 54.6 Å². The van der Waals surface area contributed by atoms with Gasteiger partial charge < -0.3 is 35.1 Å². The smallest absolute Gasteiger partial charge is 0.408 e. The third kappa shape index (κ3) is 8.10. The number of hydrogen-bond donors (Lipinski definition) is 4. The van der Waals surface area contributed by atoms with Crippen LogP contribution in [0.25, 0.3) is 22.0 Å². The average molecular weight is 641 g/mol. The highest BCUT2D eigenvalue weighted by Crippen LogP contribution is 2.37. The second kappa shape index (κ2) is 14.0. The molecule has 5 rings (SSSR count). The molecule has 3 atom stereocenters. The van der Waals surface area contributed by atoms with Gasteiger partial charge in [0.05, 0.1) is 12.6 Å². The number of amides is 3. The van der Waals surface area contributed by atoms with Crippen molar-refractivity contribution in [3.8, 4) is 16.9 Å². The molecule has 1 aromatic heterocycles. The molecule has 2 heterocycles. The first-order valence-electron chi connectivity index (χ1n) is 15.5. The third-order valence-electron chi connectivity index (χ3n) is 7.80. The molecule has 0 fully saturated rings. The predicted octanol–water partition coefficient (Wildman–Crippen LogP) is 4.57. The molecule has 0 saturated carbocycles. The van der Waals surface area contributed by atoms with Crippen molar-refractivity contribution in [2.45, 2.75) is 70.9 Å². The number of para-hydroxylation sites is 1. The molecular formula is C36H40N4O7. The number of methoxy groups -OCH3 is 1. The summed E-state index contributed by atoms with van der Waals surface area (Å²) in [6.07, 6.45) is 1.26. The minimum Gasteiger partial charge on any atom is -0.488 e. The Labute approximate surface area is 273 Å². The van der Waals surface area contributed by atoms with Crippen molar-refractivity contribution >= 4 is 34.8 Å². The summed E-state index contributed by atoms with van der Waals surface area (Å²) in [6.45, 7) is 7.02. The minimum atomic E-state index is -1.10. The number of rotatable bonds is 5. The van der Waals surface area contributed by atoms with Crippen molar-refractivity contribution in [1.29, 1.82) is 0 Å². The van der Waals surface area contributed by atoms with Gasteiger partial charge in [-0.3, -0.25) is 9.59 Å². The Hall–Kier alpha value is -5.32. The van der Waals surface area contributed by atoms with Crippen molar-refractivity contribution < 1.29 is 33.4 Å². The number of ether oxygens (including phenoxy) is 3. The second-order valence-corrected chi connectivity index (χ2v) is 12.6. The zero-order valence-electron chi connectivity index (χ0n) is 27.1. The molecule has 47 heavy (non-hydrogen) atoms. The summed E-state index contributed by atoms with van der Waals surface area (Å²) in [5.41, 5.74) is 4.15. The van der Waals surface area contributed by atoms with Crippen LogP contribution >= 0.6 is 0 Å². The summed E-state index contributed by atoms with van der Waals surface area (Å²) in [7, 11) is 1.25. The van der Waals surface area contributed by atoms with E-state index in [1.165, 1.54) is 14.0 Å². The average Bonchev–Trinajstić information content (AvgIpc) is 3.45. The lowest BCUT2D eigenvalue weighted by atomic mass is 9.95. The summed E-state index contributed by atoms with van der Waals surface area (Å²) < 4.78 is 16.8. The van der Waals surface area contributed by atoms with E-state index in [9.17, 15) is 19.2 Å². The second-order valence-electron chi connectivity index (χ2n) is 12.6. The Kier molecular flexibility index (Phi) is 9.83. The highest BCUT2D eigenvalue weighted by atomic mass is 16.6. The fourth-order valence-electron chi connectivity index (χ4n) is 5.51. The number of aromatic amines is 1. The van der Waals surface area contributed by atoms with Gasteiger partial charge in [-0.2, -0.15) is 0 Å². The van der Waals surface area contributed by atoms with E-state index in [-0.39, 0.29) is 12.8 Å². The Morgan fingerprint density at radius 2 is 1.68 bits per heavy atom. The normalized spacial score (nSPS) is 18.6. The Morgan fingerprint density at radius 3 is 2.40 bits per heavy atom. The maximum atomic E-state index is 13.6. The largest absolute Gasteiger partial charge is 0.488 e. The molecule has 4 N–H and O–H groups in total. The van der Waals surface area contributed by atoms with Crippen molar-refractivity contribution in [2.75, 3.05) is 7.11 Å². The minimum absolute atomic E-state index is 0.0854. The molecule has 1 aliphatic rings. The van der Waals surface area contributed by atoms with Gasteiger partial charge in [0.15, 0.2) is 0 Å². The number of alkyl carbamates (subject to hydrolysis) is 1. The molecule has 4 aromatic rings. The summed E-state index contributed by atoms with van der Waals surface area (Å²) >= 11 is 0. The maximum absolute atomic E-state index is 13.6. The zero-order chi connectivity index (χ0) is 33.7. The van der Waals surface area contributed by atoms with Crippen LogP contribution in [0.4, 0.5) is 4.79 Å². The monoisotopic (exact) mass is 640 g/mol. The van der Waals surface area contributed by atoms with Crippen LogP contribution in [0, 0.1) is 0 Å². The lowest BCUT2D eigenvalue weighted by Gasteiger charge is -2.25. The molecule has 1 aliphatic heterocycles. The van der Waals surface area contributed by atoms with E-state index in [0.29, 0.717) is 12.4 Å². The van der Waals surface area contributed by atoms with Crippen molar-refractivity contribution in [3.63, 3.8) is 0 Å². The molecular weight excluding hydrogens is 600 g/mol. The van der Waals surface area contributed by atoms with Gasteiger partial charge in [0.2, 0.25) is 11.8 Å². The lowest BCUT2D eigenvalue weighted by molar-refractivity contribution is -0.145. The number of fused-ring (bicyclic) bond motifs is 3. The van der Waals surface area contributed by atoms with Crippen LogP contribution in [-0.2, 0) is 43.3 Å². The summed E-state index contributed by atoms with van der Waals surface area (Å²) in [4.78, 5) is 55.9. The van der Waals surface area contributed by atoms with Gasteiger partial charge in [-0.25, -0.2) is 9.59 Å². The van der Waals surface area contributed by atoms with E-state index >= 15 is 0 Å². The standard InChI is InChI=1S/C36H40N4O7/c1-21-32(41)39-29(34(43)45-5)18-24-19-37-31-25(24)12-9-13-26(31)27-16-23(14-15-30(27)46-20-22-10-7-6-8-11-22)17-28(33(42)38-21)40-35(44)47-36(2,3)4/h6-16,19,21,28-29,37H,17-18,20H2,1-5H3,(H,38,42)(H,39,41)(H,40,44)/t21-,28-,29-/m0/s1.